The highest BCUT2D eigenvalue weighted by Crippen LogP contribution is 2.36. The van der Waals surface area contributed by atoms with E-state index in [1.807, 2.05) is 12.1 Å². The molecule has 1 saturated carbocycles. The summed E-state index contributed by atoms with van der Waals surface area (Å²) in [5, 5.41) is 9.30. The fraction of sp³-hybridized carbons (Fsp3) is 0.529. The Balaban J connectivity index is 1.98. The summed E-state index contributed by atoms with van der Waals surface area (Å²) in [7, 11) is 1.44. The van der Waals surface area contributed by atoms with Gasteiger partial charge in [-0.25, -0.2) is 0 Å². The van der Waals surface area contributed by atoms with Gasteiger partial charge >= 0.3 is 5.97 Å². The molecule has 0 aliphatic heterocycles. The van der Waals surface area contributed by atoms with Crippen molar-refractivity contribution in [3.05, 3.63) is 35.4 Å². The molecule has 4 nitrogen and oxygen atoms in total. The summed E-state index contributed by atoms with van der Waals surface area (Å²) in [6, 6.07) is 7.46. The van der Waals surface area contributed by atoms with Crippen molar-refractivity contribution in [2.45, 2.75) is 44.6 Å². The Morgan fingerprint density at radius 2 is 1.71 bits per heavy atom. The van der Waals surface area contributed by atoms with E-state index in [2.05, 4.69) is 0 Å². The topological polar surface area (TPSA) is 63.6 Å². The second-order valence-electron chi connectivity index (χ2n) is 5.73. The SMILES string of the molecule is COC(=O)C1CCC(c2ccc(C(=O)C(C)O)cc2)CC1. The molecule has 114 valence electrons. The van der Waals surface area contributed by atoms with Crippen LogP contribution in [0.4, 0.5) is 0 Å². The normalized spacial score (nSPS) is 23.4. The van der Waals surface area contributed by atoms with Gasteiger partial charge in [0.25, 0.3) is 0 Å². The van der Waals surface area contributed by atoms with Crippen LogP contribution in [0.1, 0.15) is 54.4 Å². The van der Waals surface area contributed by atoms with Crippen LogP contribution in [-0.4, -0.2) is 30.1 Å². The average molecular weight is 290 g/mol. The average Bonchev–Trinajstić information content (AvgIpc) is 2.53. The number of ketones is 1. The summed E-state index contributed by atoms with van der Waals surface area (Å²) in [6.07, 6.45) is 2.66. The minimum atomic E-state index is -0.966. The van der Waals surface area contributed by atoms with Crippen molar-refractivity contribution >= 4 is 11.8 Å². The van der Waals surface area contributed by atoms with Gasteiger partial charge in [0, 0.05) is 5.56 Å². The highest BCUT2D eigenvalue weighted by molar-refractivity contribution is 5.99. The number of hydrogen-bond donors (Lipinski definition) is 1. The Hall–Kier alpha value is -1.68. The Kier molecular flexibility index (Phi) is 5.12. The summed E-state index contributed by atoms with van der Waals surface area (Å²) in [5.41, 5.74) is 1.73. The van der Waals surface area contributed by atoms with Crippen molar-refractivity contribution in [1.82, 2.24) is 0 Å². The minimum absolute atomic E-state index is 0.0299. The molecule has 1 atom stereocenters. The zero-order valence-corrected chi connectivity index (χ0v) is 12.5. The van der Waals surface area contributed by atoms with Gasteiger partial charge in [-0.05, 0) is 44.1 Å². The molecule has 0 bridgehead atoms. The van der Waals surface area contributed by atoms with Gasteiger partial charge in [-0.1, -0.05) is 24.3 Å². The number of aliphatic hydroxyl groups is 1. The lowest BCUT2D eigenvalue weighted by molar-refractivity contribution is -0.146. The zero-order chi connectivity index (χ0) is 15.4. The van der Waals surface area contributed by atoms with Crippen molar-refractivity contribution < 1.29 is 19.4 Å². The number of esters is 1. The summed E-state index contributed by atoms with van der Waals surface area (Å²) in [4.78, 5) is 23.2. The first kappa shape index (κ1) is 15.7. The Bertz CT molecular complexity index is 496. The molecule has 0 heterocycles. The van der Waals surface area contributed by atoms with E-state index in [0.717, 1.165) is 25.7 Å². The number of ether oxygens (including phenoxy) is 1. The molecule has 1 N–H and O–H groups in total. The third kappa shape index (κ3) is 3.70. The smallest absolute Gasteiger partial charge is 0.308 e. The first-order valence-electron chi connectivity index (χ1n) is 7.43. The van der Waals surface area contributed by atoms with Crippen LogP contribution in [-0.2, 0) is 9.53 Å². The van der Waals surface area contributed by atoms with Gasteiger partial charge in [-0.3, -0.25) is 9.59 Å². The summed E-state index contributed by atoms with van der Waals surface area (Å²) in [6.45, 7) is 1.48. The molecule has 0 aromatic heterocycles. The van der Waals surface area contributed by atoms with E-state index in [4.69, 9.17) is 4.74 Å². The van der Waals surface area contributed by atoms with Crippen LogP contribution in [0.3, 0.4) is 0 Å². The molecule has 2 rings (SSSR count). The number of hydrogen-bond acceptors (Lipinski definition) is 4. The maximum atomic E-state index is 11.7. The highest BCUT2D eigenvalue weighted by Gasteiger charge is 2.27. The molecule has 0 saturated heterocycles. The molecule has 1 aromatic rings. The second kappa shape index (κ2) is 6.85. The van der Waals surface area contributed by atoms with E-state index >= 15 is 0 Å². The van der Waals surface area contributed by atoms with Crippen LogP contribution < -0.4 is 0 Å². The lowest BCUT2D eigenvalue weighted by Gasteiger charge is -2.27. The Labute approximate surface area is 125 Å². The van der Waals surface area contributed by atoms with Crippen molar-refractivity contribution in [3.63, 3.8) is 0 Å². The maximum absolute atomic E-state index is 11.7. The first-order valence-corrected chi connectivity index (χ1v) is 7.43. The molecular formula is C17H22O4. The standard InChI is InChI=1S/C17H22O4/c1-11(18)16(19)14-7-3-12(4-8-14)13-5-9-15(10-6-13)17(20)21-2/h3-4,7-8,11,13,15,18H,5-6,9-10H2,1-2H3. The number of rotatable bonds is 4. The van der Waals surface area contributed by atoms with Crippen LogP contribution in [0.25, 0.3) is 0 Å². The summed E-state index contributed by atoms with van der Waals surface area (Å²) < 4.78 is 4.80. The lowest BCUT2D eigenvalue weighted by atomic mass is 9.78. The van der Waals surface area contributed by atoms with E-state index in [-0.39, 0.29) is 17.7 Å². The van der Waals surface area contributed by atoms with E-state index < -0.39 is 6.10 Å². The van der Waals surface area contributed by atoms with Crippen molar-refractivity contribution in [3.8, 4) is 0 Å². The van der Waals surface area contributed by atoms with E-state index in [9.17, 15) is 14.7 Å². The van der Waals surface area contributed by atoms with Gasteiger partial charge in [0.05, 0.1) is 13.0 Å². The molecule has 1 fully saturated rings. The van der Waals surface area contributed by atoms with Crippen LogP contribution in [0.15, 0.2) is 24.3 Å². The largest absolute Gasteiger partial charge is 0.469 e. The molecule has 1 aliphatic carbocycles. The van der Waals surface area contributed by atoms with Gasteiger partial charge in [-0.15, -0.1) is 0 Å². The van der Waals surface area contributed by atoms with Crippen LogP contribution in [0, 0.1) is 5.92 Å². The maximum Gasteiger partial charge on any atom is 0.308 e. The Morgan fingerprint density at radius 1 is 1.14 bits per heavy atom. The van der Waals surface area contributed by atoms with Crippen LogP contribution >= 0.6 is 0 Å². The van der Waals surface area contributed by atoms with E-state index in [1.165, 1.54) is 19.6 Å². The van der Waals surface area contributed by atoms with Gasteiger partial charge in [0.15, 0.2) is 5.78 Å². The fourth-order valence-corrected chi connectivity index (χ4v) is 2.99. The number of benzene rings is 1. The predicted octanol–water partition coefficient (Wildman–Crippen LogP) is 2.70. The number of carbonyl (C=O) groups is 2. The lowest BCUT2D eigenvalue weighted by Crippen LogP contribution is -2.22. The number of Topliss-reactive ketones (excluding diaryl/α,β-unsaturated/α-hetero) is 1. The van der Waals surface area contributed by atoms with Gasteiger partial charge < -0.3 is 9.84 Å². The van der Waals surface area contributed by atoms with Gasteiger partial charge in [-0.2, -0.15) is 0 Å². The fourth-order valence-electron chi connectivity index (χ4n) is 2.99. The van der Waals surface area contributed by atoms with Crippen LogP contribution in [0.2, 0.25) is 0 Å². The quantitative estimate of drug-likeness (QED) is 0.684. The third-order valence-electron chi connectivity index (χ3n) is 4.31. The first-order chi connectivity index (χ1) is 10.0. The van der Waals surface area contributed by atoms with E-state index in [1.54, 1.807) is 12.1 Å². The molecule has 4 heteroatoms. The molecule has 1 unspecified atom stereocenters. The molecule has 1 aromatic carbocycles. The third-order valence-corrected chi connectivity index (χ3v) is 4.31. The second-order valence-corrected chi connectivity index (χ2v) is 5.73. The van der Waals surface area contributed by atoms with Crippen molar-refractivity contribution in [2.75, 3.05) is 7.11 Å². The molecule has 21 heavy (non-hydrogen) atoms. The monoisotopic (exact) mass is 290 g/mol. The van der Waals surface area contributed by atoms with Crippen molar-refractivity contribution in [2.24, 2.45) is 5.92 Å². The molecule has 0 spiro atoms. The summed E-state index contributed by atoms with van der Waals surface area (Å²) >= 11 is 0. The molecular weight excluding hydrogens is 268 g/mol. The predicted molar refractivity (Wildman–Crippen MR) is 79.2 cm³/mol. The van der Waals surface area contributed by atoms with Crippen molar-refractivity contribution in [1.29, 1.82) is 0 Å². The zero-order valence-electron chi connectivity index (χ0n) is 12.5. The molecule has 0 radical (unpaired) electrons. The minimum Gasteiger partial charge on any atom is -0.469 e. The van der Waals surface area contributed by atoms with Gasteiger partial charge in [0.1, 0.15) is 6.10 Å². The van der Waals surface area contributed by atoms with Crippen LogP contribution in [0.5, 0.6) is 0 Å². The van der Waals surface area contributed by atoms with Gasteiger partial charge in [0.2, 0.25) is 0 Å². The number of methoxy groups -OCH3 is 1. The summed E-state index contributed by atoms with van der Waals surface area (Å²) in [5.74, 6) is 0.103. The molecule has 0 amide bonds. The highest BCUT2D eigenvalue weighted by atomic mass is 16.5. The number of carbonyl (C=O) groups excluding carboxylic acids is 2. The van der Waals surface area contributed by atoms with E-state index in [0.29, 0.717) is 11.5 Å². The molecule has 1 aliphatic rings. The number of aliphatic hydroxyl groups excluding tert-OH is 1. The Morgan fingerprint density at radius 3 is 2.19 bits per heavy atom.